The van der Waals surface area contributed by atoms with Crippen LogP contribution in [0, 0.1) is 10.1 Å². The molecule has 19 heavy (non-hydrogen) atoms. The lowest BCUT2D eigenvalue weighted by Crippen LogP contribution is -2.38. The first kappa shape index (κ1) is 13.6. The van der Waals surface area contributed by atoms with Crippen molar-refractivity contribution in [2.75, 3.05) is 6.61 Å². The molecule has 1 saturated heterocycles. The number of aromatic nitrogens is 1. The number of nitro groups is 1. The molecule has 1 aliphatic rings. The van der Waals surface area contributed by atoms with Gasteiger partial charge in [0.25, 0.3) is 5.69 Å². The van der Waals surface area contributed by atoms with Crippen LogP contribution in [-0.2, 0) is 4.74 Å². The van der Waals surface area contributed by atoms with Gasteiger partial charge in [0.1, 0.15) is 18.4 Å². The van der Waals surface area contributed by atoms with Gasteiger partial charge in [0, 0.05) is 12.1 Å². The highest BCUT2D eigenvalue weighted by Gasteiger charge is 2.44. The summed E-state index contributed by atoms with van der Waals surface area (Å²) < 4.78 is 10.1. The van der Waals surface area contributed by atoms with Gasteiger partial charge in [0.2, 0.25) is 5.88 Å². The van der Waals surface area contributed by atoms with E-state index >= 15 is 0 Å². The molecule has 1 aromatic rings. The summed E-state index contributed by atoms with van der Waals surface area (Å²) in [4.78, 5) is 13.5. The summed E-state index contributed by atoms with van der Waals surface area (Å²) in [5, 5.41) is 38.6. The van der Waals surface area contributed by atoms with E-state index in [1.165, 1.54) is 12.1 Å². The molecule has 0 spiro atoms. The smallest absolute Gasteiger partial charge is 0.287 e. The van der Waals surface area contributed by atoms with Gasteiger partial charge in [-0.2, -0.15) is 0 Å². The third kappa shape index (κ3) is 2.79. The summed E-state index contributed by atoms with van der Waals surface area (Å²) in [6.45, 7) is -0.466. The normalized spacial score (nSPS) is 30.3. The number of nitrogens with zero attached hydrogens (tertiary/aromatic N) is 2. The van der Waals surface area contributed by atoms with Crippen LogP contribution in [0.25, 0.3) is 0 Å². The fourth-order valence-corrected chi connectivity index (χ4v) is 1.69. The Morgan fingerprint density at radius 3 is 2.68 bits per heavy atom. The number of hydrogen-bond donors (Lipinski definition) is 3. The molecule has 9 heteroatoms. The Kier molecular flexibility index (Phi) is 3.90. The molecule has 4 atom stereocenters. The Morgan fingerprint density at radius 2 is 2.21 bits per heavy atom. The highest BCUT2D eigenvalue weighted by Crippen LogP contribution is 2.24. The highest BCUT2D eigenvalue weighted by atomic mass is 16.7. The lowest BCUT2D eigenvalue weighted by atomic mass is 10.1. The minimum atomic E-state index is -1.41. The van der Waals surface area contributed by atoms with Crippen LogP contribution >= 0.6 is 0 Å². The van der Waals surface area contributed by atoms with Crippen molar-refractivity contribution < 1.29 is 29.7 Å². The van der Waals surface area contributed by atoms with Crippen LogP contribution in [0.1, 0.15) is 0 Å². The Hall–Kier alpha value is -1.81. The van der Waals surface area contributed by atoms with E-state index in [0.29, 0.717) is 0 Å². The maximum Gasteiger partial charge on any atom is 0.287 e. The number of ether oxygens (including phenoxy) is 2. The first-order valence-corrected chi connectivity index (χ1v) is 5.42. The Bertz CT molecular complexity index is 452. The van der Waals surface area contributed by atoms with Gasteiger partial charge < -0.3 is 24.8 Å². The van der Waals surface area contributed by atoms with Crippen molar-refractivity contribution in [1.82, 2.24) is 4.98 Å². The average Bonchev–Trinajstić information content (AvgIpc) is 2.67. The molecule has 2 rings (SSSR count). The van der Waals surface area contributed by atoms with Crippen molar-refractivity contribution in [3.63, 3.8) is 0 Å². The van der Waals surface area contributed by atoms with Gasteiger partial charge in [0.15, 0.2) is 12.4 Å². The third-order valence-electron chi connectivity index (χ3n) is 2.68. The minimum Gasteiger partial charge on any atom is -0.466 e. The summed E-state index contributed by atoms with van der Waals surface area (Å²) in [6, 6.07) is 2.42. The first-order chi connectivity index (χ1) is 9.02. The predicted octanol–water partition coefficient (Wildman–Crippen LogP) is -1.19. The molecule has 0 amide bonds. The molecule has 104 valence electrons. The zero-order valence-electron chi connectivity index (χ0n) is 9.62. The first-order valence-electron chi connectivity index (χ1n) is 5.42. The third-order valence-corrected chi connectivity index (χ3v) is 2.68. The van der Waals surface area contributed by atoms with E-state index in [1.54, 1.807) is 0 Å². The van der Waals surface area contributed by atoms with E-state index in [9.17, 15) is 20.3 Å². The van der Waals surface area contributed by atoms with Crippen molar-refractivity contribution in [3.05, 3.63) is 28.4 Å². The molecule has 0 aliphatic carbocycles. The van der Waals surface area contributed by atoms with Crippen LogP contribution in [0.5, 0.6) is 5.88 Å². The molecule has 1 aromatic heterocycles. The van der Waals surface area contributed by atoms with Crippen LogP contribution < -0.4 is 4.74 Å². The summed E-state index contributed by atoms with van der Waals surface area (Å²) in [5.41, 5.74) is -0.204. The molecule has 0 saturated carbocycles. The molecule has 0 radical (unpaired) electrons. The minimum absolute atomic E-state index is 0.00381. The number of pyridine rings is 1. The molecule has 0 unspecified atom stereocenters. The summed E-state index contributed by atoms with van der Waals surface area (Å²) in [7, 11) is 0. The van der Waals surface area contributed by atoms with Crippen LogP contribution in [0.15, 0.2) is 18.3 Å². The lowest BCUT2D eigenvalue weighted by Gasteiger charge is -2.17. The predicted molar refractivity (Wildman–Crippen MR) is 59.3 cm³/mol. The number of rotatable bonds is 4. The van der Waals surface area contributed by atoms with Gasteiger partial charge in [-0.05, 0) is 0 Å². The molecule has 3 N–H and O–H groups in total. The largest absolute Gasteiger partial charge is 0.466 e. The summed E-state index contributed by atoms with van der Waals surface area (Å²) >= 11 is 0. The van der Waals surface area contributed by atoms with Gasteiger partial charge in [-0.25, -0.2) is 4.98 Å². The van der Waals surface area contributed by atoms with Crippen LogP contribution in [0.3, 0.4) is 0 Å². The number of hydrogen-bond acceptors (Lipinski definition) is 8. The molecular formula is C10H12N2O7. The summed E-state index contributed by atoms with van der Waals surface area (Å²) in [6.07, 6.45) is -3.71. The van der Waals surface area contributed by atoms with Gasteiger partial charge in [-0.1, -0.05) is 0 Å². The quantitative estimate of drug-likeness (QED) is 0.459. The SMILES string of the molecule is O=[N+]([O-])c1ccc(O[C@@H]2[C@H](O)[C@@H](CO)O[C@H]2O)nc1. The topological polar surface area (TPSA) is 135 Å². The van der Waals surface area contributed by atoms with Crippen molar-refractivity contribution in [2.24, 2.45) is 0 Å². The van der Waals surface area contributed by atoms with Gasteiger partial charge >= 0.3 is 0 Å². The Balaban J connectivity index is 2.06. The van der Waals surface area contributed by atoms with Gasteiger partial charge in [-0.15, -0.1) is 0 Å². The van der Waals surface area contributed by atoms with Crippen LogP contribution in [-0.4, -0.2) is 56.4 Å². The van der Waals surface area contributed by atoms with E-state index in [0.717, 1.165) is 6.20 Å². The second-order valence-electron chi connectivity index (χ2n) is 3.93. The zero-order chi connectivity index (χ0) is 14.0. The molecule has 9 nitrogen and oxygen atoms in total. The van der Waals surface area contributed by atoms with Crippen molar-refractivity contribution in [2.45, 2.75) is 24.6 Å². The maximum atomic E-state index is 10.4. The van der Waals surface area contributed by atoms with E-state index in [4.69, 9.17) is 14.6 Å². The summed E-state index contributed by atoms with van der Waals surface area (Å²) in [5.74, 6) is -0.00381. The van der Waals surface area contributed by atoms with Crippen LogP contribution in [0.4, 0.5) is 5.69 Å². The Labute approximate surface area is 107 Å². The number of aliphatic hydroxyl groups is 3. The van der Waals surface area contributed by atoms with Crippen molar-refractivity contribution >= 4 is 5.69 Å². The molecule has 2 heterocycles. The zero-order valence-corrected chi connectivity index (χ0v) is 9.62. The molecule has 1 aliphatic heterocycles. The fourth-order valence-electron chi connectivity index (χ4n) is 1.69. The second kappa shape index (κ2) is 5.45. The average molecular weight is 272 g/mol. The Morgan fingerprint density at radius 1 is 1.47 bits per heavy atom. The maximum absolute atomic E-state index is 10.4. The standard InChI is InChI=1S/C10H12N2O7/c13-4-6-8(14)9(10(15)18-6)19-7-2-1-5(3-11-7)12(16)17/h1-3,6,8-10,13-15H,4H2/t6-,8-,9-,10-/m1/s1. The lowest BCUT2D eigenvalue weighted by molar-refractivity contribution is -0.385. The molecular weight excluding hydrogens is 260 g/mol. The van der Waals surface area contributed by atoms with Crippen molar-refractivity contribution in [3.8, 4) is 5.88 Å². The number of aliphatic hydroxyl groups excluding tert-OH is 3. The van der Waals surface area contributed by atoms with E-state index in [2.05, 4.69) is 4.98 Å². The van der Waals surface area contributed by atoms with E-state index in [1.807, 2.05) is 0 Å². The second-order valence-corrected chi connectivity index (χ2v) is 3.93. The molecule has 1 fully saturated rings. The van der Waals surface area contributed by atoms with E-state index in [-0.39, 0.29) is 11.6 Å². The van der Waals surface area contributed by atoms with Crippen LogP contribution in [0.2, 0.25) is 0 Å². The fraction of sp³-hybridized carbons (Fsp3) is 0.500. The van der Waals surface area contributed by atoms with Crippen molar-refractivity contribution in [1.29, 1.82) is 0 Å². The van der Waals surface area contributed by atoms with Gasteiger partial charge in [0.05, 0.1) is 11.5 Å². The molecule has 0 bridgehead atoms. The highest BCUT2D eigenvalue weighted by molar-refractivity contribution is 5.29. The monoisotopic (exact) mass is 272 g/mol. The van der Waals surface area contributed by atoms with E-state index < -0.39 is 36.1 Å². The van der Waals surface area contributed by atoms with Gasteiger partial charge in [-0.3, -0.25) is 10.1 Å². The molecule has 0 aromatic carbocycles.